The summed E-state index contributed by atoms with van der Waals surface area (Å²) in [5.41, 5.74) is 2.04. The van der Waals surface area contributed by atoms with Crippen LogP contribution in [0, 0.1) is 13.8 Å². The van der Waals surface area contributed by atoms with Gasteiger partial charge in [-0.2, -0.15) is 0 Å². The maximum atomic E-state index is 12.6. The minimum atomic E-state index is -0.887. The maximum absolute atomic E-state index is 12.6. The summed E-state index contributed by atoms with van der Waals surface area (Å²) in [6.45, 7) is 5.25. The Balaban J connectivity index is 2.25. The van der Waals surface area contributed by atoms with Crippen LogP contribution in [0.1, 0.15) is 38.8 Å². The lowest BCUT2D eigenvalue weighted by atomic mass is 10.1. The summed E-state index contributed by atoms with van der Waals surface area (Å²) < 4.78 is 15.1. The van der Waals surface area contributed by atoms with Crippen molar-refractivity contribution in [1.29, 1.82) is 0 Å². The van der Waals surface area contributed by atoms with Gasteiger partial charge >= 0.3 is 11.9 Å². The van der Waals surface area contributed by atoms with Crippen LogP contribution < -0.4 is 10.1 Å². The molecule has 2 aromatic rings. The van der Waals surface area contributed by atoms with Gasteiger partial charge in [-0.15, -0.1) is 0 Å². The number of ether oxygens (including phenoxy) is 3. The third-order valence-corrected chi connectivity index (χ3v) is 4.79. The number of methoxy groups -OCH3 is 2. The number of rotatable bonds is 6. The summed E-state index contributed by atoms with van der Waals surface area (Å²) in [4.78, 5) is 36.4. The first-order chi connectivity index (χ1) is 13.7. The lowest BCUT2D eigenvalue weighted by Crippen LogP contribution is -2.31. The molecular formula is C21H22ClNO6. The van der Waals surface area contributed by atoms with Crippen molar-refractivity contribution in [3.05, 3.63) is 57.6 Å². The molecule has 0 heterocycles. The van der Waals surface area contributed by atoms with E-state index in [0.29, 0.717) is 10.8 Å². The Hall–Kier alpha value is -3.06. The first-order valence-corrected chi connectivity index (χ1v) is 9.10. The fourth-order valence-corrected chi connectivity index (χ4v) is 2.76. The van der Waals surface area contributed by atoms with Crippen molar-refractivity contribution < 1.29 is 28.6 Å². The number of carbonyl (C=O) groups is 3. The minimum absolute atomic E-state index is 0.0962. The Kier molecular flexibility index (Phi) is 7.23. The van der Waals surface area contributed by atoms with Crippen molar-refractivity contribution in [3.63, 3.8) is 0 Å². The number of anilines is 1. The molecule has 0 saturated carbocycles. The highest BCUT2D eigenvalue weighted by atomic mass is 35.5. The lowest BCUT2D eigenvalue weighted by molar-refractivity contribution is -0.122. The van der Waals surface area contributed by atoms with E-state index in [-0.39, 0.29) is 16.8 Å². The summed E-state index contributed by atoms with van der Waals surface area (Å²) in [5, 5.41) is 3.24. The van der Waals surface area contributed by atoms with E-state index in [0.717, 1.165) is 11.1 Å². The standard InChI is InChI=1S/C21H22ClNO6/c1-11-8-15(9-12(2)18(11)22)29-13(3)19(24)23-17-10-14(20(25)27-4)6-7-16(17)21(26)28-5/h6-10,13H,1-5H3,(H,23,24)/t13-/m0/s1. The Morgan fingerprint density at radius 1 is 0.966 bits per heavy atom. The summed E-state index contributed by atoms with van der Waals surface area (Å²) >= 11 is 6.15. The summed E-state index contributed by atoms with van der Waals surface area (Å²) in [7, 11) is 2.46. The normalized spacial score (nSPS) is 11.4. The first kappa shape index (κ1) is 22.2. The van der Waals surface area contributed by atoms with Crippen LogP contribution in [0.3, 0.4) is 0 Å². The molecule has 0 radical (unpaired) electrons. The van der Waals surface area contributed by atoms with Crippen LogP contribution in [0.25, 0.3) is 0 Å². The van der Waals surface area contributed by atoms with E-state index in [2.05, 4.69) is 10.1 Å². The Labute approximate surface area is 173 Å². The fraction of sp³-hybridized carbons (Fsp3) is 0.286. The second-order valence-corrected chi connectivity index (χ2v) is 6.74. The van der Waals surface area contributed by atoms with Crippen molar-refractivity contribution in [3.8, 4) is 5.75 Å². The van der Waals surface area contributed by atoms with Crippen LogP contribution in [0.4, 0.5) is 5.69 Å². The van der Waals surface area contributed by atoms with Gasteiger partial charge in [-0.1, -0.05) is 11.6 Å². The molecule has 0 spiro atoms. The van der Waals surface area contributed by atoms with Gasteiger partial charge in [0.05, 0.1) is 31.0 Å². The number of carbonyl (C=O) groups excluding carboxylic acids is 3. The molecule has 1 atom stereocenters. The van der Waals surface area contributed by atoms with Crippen LogP contribution >= 0.6 is 11.6 Å². The molecule has 2 rings (SSSR count). The zero-order valence-electron chi connectivity index (χ0n) is 16.8. The van der Waals surface area contributed by atoms with Crippen LogP contribution in [-0.2, 0) is 14.3 Å². The molecule has 0 aliphatic carbocycles. The van der Waals surface area contributed by atoms with Gasteiger partial charge in [-0.05, 0) is 62.2 Å². The van der Waals surface area contributed by atoms with Gasteiger partial charge < -0.3 is 19.5 Å². The van der Waals surface area contributed by atoms with Crippen LogP contribution in [0.15, 0.2) is 30.3 Å². The predicted octanol–water partition coefficient (Wildman–Crippen LogP) is 3.94. The fourth-order valence-electron chi connectivity index (χ4n) is 2.65. The molecule has 0 aliphatic heterocycles. The third-order valence-electron chi connectivity index (χ3n) is 4.20. The number of hydrogen-bond donors (Lipinski definition) is 1. The number of aryl methyl sites for hydroxylation is 2. The topological polar surface area (TPSA) is 90.9 Å². The molecule has 29 heavy (non-hydrogen) atoms. The zero-order valence-corrected chi connectivity index (χ0v) is 17.5. The minimum Gasteiger partial charge on any atom is -0.481 e. The lowest BCUT2D eigenvalue weighted by Gasteiger charge is -2.17. The molecule has 0 unspecified atom stereocenters. The molecule has 0 aromatic heterocycles. The van der Waals surface area contributed by atoms with Crippen LogP contribution in [0.5, 0.6) is 5.75 Å². The van der Waals surface area contributed by atoms with Crippen molar-refractivity contribution in [2.24, 2.45) is 0 Å². The monoisotopic (exact) mass is 419 g/mol. The van der Waals surface area contributed by atoms with Crippen LogP contribution in [-0.4, -0.2) is 38.2 Å². The molecule has 0 aliphatic rings. The number of esters is 2. The molecule has 1 N–H and O–H groups in total. The average Bonchev–Trinajstić information content (AvgIpc) is 2.70. The SMILES string of the molecule is COC(=O)c1ccc(C(=O)OC)c(NC(=O)[C@H](C)Oc2cc(C)c(Cl)c(C)c2)c1. The van der Waals surface area contributed by atoms with Gasteiger partial charge in [0.25, 0.3) is 5.91 Å². The first-order valence-electron chi connectivity index (χ1n) is 8.72. The van der Waals surface area contributed by atoms with E-state index in [1.165, 1.54) is 32.4 Å². The van der Waals surface area contributed by atoms with E-state index in [1.807, 2.05) is 13.8 Å². The second-order valence-electron chi connectivity index (χ2n) is 6.36. The number of amides is 1. The van der Waals surface area contributed by atoms with Crippen molar-refractivity contribution in [2.45, 2.75) is 26.9 Å². The Morgan fingerprint density at radius 3 is 2.10 bits per heavy atom. The number of hydrogen-bond acceptors (Lipinski definition) is 6. The van der Waals surface area contributed by atoms with Crippen LogP contribution in [0.2, 0.25) is 5.02 Å². The smallest absolute Gasteiger partial charge is 0.339 e. The number of halogens is 1. The molecule has 154 valence electrons. The molecule has 0 fully saturated rings. The Bertz CT molecular complexity index is 933. The molecular weight excluding hydrogens is 398 g/mol. The molecule has 0 bridgehead atoms. The third kappa shape index (κ3) is 5.26. The molecule has 7 nitrogen and oxygen atoms in total. The van der Waals surface area contributed by atoms with E-state index in [4.69, 9.17) is 21.1 Å². The van der Waals surface area contributed by atoms with Gasteiger partial charge in [0.15, 0.2) is 6.10 Å². The molecule has 2 aromatic carbocycles. The number of nitrogens with one attached hydrogen (secondary N) is 1. The summed E-state index contributed by atoms with van der Waals surface area (Å²) in [6.07, 6.45) is -0.887. The largest absolute Gasteiger partial charge is 0.481 e. The van der Waals surface area contributed by atoms with Crippen molar-refractivity contribution in [1.82, 2.24) is 0 Å². The van der Waals surface area contributed by atoms with E-state index in [1.54, 1.807) is 19.1 Å². The highest BCUT2D eigenvalue weighted by molar-refractivity contribution is 6.32. The van der Waals surface area contributed by atoms with Gasteiger partial charge in [-0.3, -0.25) is 4.79 Å². The van der Waals surface area contributed by atoms with E-state index < -0.39 is 23.9 Å². The molecule has 0 saturated heterocycles. The highest BCUT2D eigenvalue weighted by Gasteiger charge is 2.21. The average molecular weight is 420 g/mol. The van der Waals surface area contributed by atoms with Gasteiger partial charge in [0.1, 0.15) is 5.75 Å². The second kappa shape index (κ2) is 9.43. The van der Waals surface area contributed by atoms with Crippen molar-refractivity contribution >= 4 is 35.1 Å². The van der Waals surface area contributed by atoms with Gasteiger partial charge in [0, 0.05) is 5.02 Å². The quantitative estimate of drug-likeness (QED) is 0.713. The summed E-state index contributed by atoms with van der Waals surface area (Å²) in [6, 6.07) is 7.60. The molecule has 1 amide bonds. The van der Waals surface area contributed by atoms with Crippen molar-refractivity contribution in [2.75, 3.05) is 19.5 Å². The number of benzene rings is 2. The van der Waals surface area contributed by atoms with Gasteiger partial charge in [0.2, 0.25) is 0 Å². The highest BCUT2D eigenvalue weighted by Crippen LogP contribution is 2.27. The summed E-state index contributed by atoms with van der Waals surface area (Å²) in [5.74, 6) is -1.28. The Morgan fingerprint density at radius 2 is 1.55 bits per heavy atom. The van der Waals surface area contributed by atoms with Gasteiger partial charge in [-0.25, -0.2) is 9.59 Å². The predicted molar refractivity (Wildman–Crippen MR) is 109 cm³/mol. The zero-order chi connectivity index (χ0) is 21.7. The van der Waals surface area contributed by atoms with E-state index >= 15 is 0 Å². The van der Waals surface area contributed by atoms with E-state index in [9.17, 15) is 14.4 Å². The molecule has 8 heteroatoms. The maximum Gasteiger partial charge on any atom is 0.339 e.